The molecule has 20 heavy (non-hydrogen) atoms. The molecule has 2 heterocycles. The Morgan fingerprint density at radius 2 is 2.35 bits per heavy atom. The maximum Gasteiger partial charge on any atom is 0.233 e. The van der Waals surface area contributed by atoms with E-state index in [-0.39, 0.29) is 11.2 Å². The van der Waals surface area contributed by atoms with E-state index in [4.69, 9.17) is 0 Å². The summed E-state index contributed by atoms with van der Waals surface area (Å²) in [6.45, 7) is 2.50. The Morgan fingerprint density at radius 1 is 1.40 bits per heavy atom. The van der Waals surface area contributed by atoms with Crippen LogP contribution in [0.15, 0.2) is 24.5 Å². The molecule has 1 unspecified atom stereocenters. The first-order valence-electron chi connectivity index (χ1n) is 7.35. The summed E-state index contributed by atoms with van der Waals surface area (Å²) in [5.41, 5.74) is 1.19. The molecule has 1 fully saturated rings. The number of pyridine rings is 1. The second kappa shape index (κ2) is 8.97. The molecule has 0 spiro atoms. The van der Waals surface area contributed by atoms with Crippen LogP contribution in [0.25, 0.3) is 0 Å². The smallest absolute Gasteiger partial charge is 0.233 e. The highest BCUT2D eigenvalue weighted by Crippen LogP contribution is 2.24. The van der Waals surface area contributed by atoms with Crippen LogP contribution in [-0.2, 0) is 11.3 Å². The van der Waals surface area contributed by atoms with Gasteiger partial charge in [0.15, 0.2) is 0 Å². The summed E-state index contributed by atoms with van der Waals surface area (Å²) in [4.78, 5) is 16.0. The highest BCUT2D eigenvalue weighted by atomic mass is 32.2. The number of hydrogen-bond acceptors (Lipinski definition) is 4. The first kappa shape index (κ1) is 15.3. The molecular weight excluding hydrogens is 270 g/mol. The average Bonchev–Trinajstić information content (AvgIpc) is 2.52. The van der Waals surface area contributed by atoms with Crippen LogP contribution in [0, 0.1) is 0 Å². The molecule has 1 aromatic rings. The quantitative estimate of drug-likeness (QED) is 0.755. The molecule has 1 saturated heterocycles. The first-order chi connectivity index (χ1) is 9.86. The van der Waals surface area contributed by atoms with Gasteiger partial charge in [0.25, 0.3) is 0 Å². The summed E-state index contributed by atoms with van der Waals surface area (Å²) in [5, 5.41) is 6.58. The number of rotatable bonds is 7. The minimum absolute atomic E-state index is 0.187. The number of nitrogens with one attached hydrogen (secondary N) is 2. The molecule has 1 atom stereocenters. The van der Waals surface area contributed by atoms with Crippen LogP contribution in [0.1, 0.15) is 31.2 Å². The Labute approximate surface area is 125 Å². The van der Waals surface area contributed by atoms with E-state index in [1.807, 2.05) is 12.3 Å². The molecule has 2 N–H and O–H groups in total. The Hall–Kier alpha value is -1.07. The van der Waals surface area contributed by atoms with E-state index in [2.05, 4.69) is 21.7 Å². The Bertz CT molecular complexity index is 393. The summed E-state index contributed by atoms with van der Waals surface area (Å²) < 4.78 is 0. The van der Waals surface area contributed by atoms with Crippen LogP contribution in [0.2, 0.25) is 0 Å². The van der Waals surface area contributed by atoms with E-state index in [1.54, 1.807) is 18.0 Å². The van der Waals surface area contributed by atoms with Crippen molar-refractivity contribution in [3.8, 4) is 0 Å². The van der Waals surface area contributed by atoms with Gasteiger partial charge in [-0.25, -0.2) is 0 Å². The number of carbonyl (C=O) groups is 1. The molecule has 0 saturated carbocycles. The van der Waals surface area contributed by atoms with Crippen LogP contribution in [0.5, 0.6) is 0 Å². The van der Waals surface area contributed by atoms with Crippen molar-refractivity contribution in [2.24, 2.45) is 0 Å². The van der Waals surface area contributed by atoms with Gasteiger partial charge in [0, 0.05) is 25.5 Å². The zero-order valence-electron chi connectivity index (χ0n) is 11.8. The van der Waals surface area contributed by atoms with E-state index in [1.165, 1.54) is 18.4 Å². The van der Waals surface area contributed by atoms with Crippen LogP contribution in [-0.4, -0.2) is 35.0 Å². The lowest BCUT2D eigenvalue weighted by molar-refractivity contribution is -0.120. The number of aromatic nitrogens is 1. The molecule has 0 bridgehead atoms. The Balaban J connectivity index is 1.50. The van der Waals surface area contributed by atoms with E-state index < -0.39 is 0 Å². The van der Waals surface area contributed by atoms with Crippen LogP contribution >= 0.6 is 11.8 Å². The van der Waals surface area contributed by atoms with Gasteiger partial charge in [0.2, 0.25) is 5.91 Å². The van der Waals surface area contributed by atoms with Gasteiger partial charge in [0.1, 0.15) is 0 Å². The molecule has 5 heteroatoms. The predicted octanol–water partition coefficient (Wildman–Crippen LogP) is 1.96. The molecule has 4 nitrogen and oxygen atoms in total. The fourth-order valence-corrected chi connectivity index (χ4v) is 3.45. The van der Waals surface area contributed by atoms with Crippen LogP contribution in [0.4, 0.5) is 0 Å². The zero-order valence-corrected chi connectivity index (χ0v) is 12.6. The second-order valence-corrected chi connectivity index (χ2v) is 6.35. The number of carbonyl (C=O) groups excluding carboxylic acids is 1. The lowest BCUT2D eigenvalue weighted by Crippen LogP contribution is -2.35. The third kappa shape index (κ3) is 5.51. The van der Waals surface area contributed by atoms with Gasteiger partial charge in [0.05, 0.1) is 5.25 Å². The summed E-state index contributed by atoms with van der Waals surface area (Å²) in [6.07, 6.45) is 8.10. The van der Waals surface area contributed by atoms with E-state index in [0.29, 0.717) is 0 Å². The van der Waals surface area contributed by atoms with Gasteiger partial charge >= 0.3 is 0 Å². The van der Waals surface area contributed by atoms with Gasteiger partial charge in [-0.2, -0.15) is 0 Å². The highest BCUT2D eigenvalue weighted by molar-refractivity contribution is 8.00. The van der Waals surface area contributed by atoms with Crippen molar-refractivity contribution in [2.45, 2.75) is 37.5 Å². The minimum Gasteiger partial charge on any atom is -0.355 e. The fraction of sp³-hybridized carbons (Fsp3) is 0.600. The fourth-order valence-electron chi connectivity index (χ4n) is 2.22. The molecule has 1 aliphatic heterocycles. The van der Waals surface area contributed by atoms with Gasteiger partial charge < -0.3 is 10.6 Å². The second-order valence-electron chi connectivity index (χ2n) is 5.04. The maximum absolute atomic E-state index is 11.9. The lowest BCUT2D eigenvalue weighted by Gasteiger charge is -2.20. The van der Waals surface area contributed by atoms with E-state index >= 15 is 0 Å². The SMILES string of the molecule is O=C(NCCCNCc1cccnc1)C1CCCCS1. The third-order valence-corrected chi connectivity index (χ3v) is 4.73. The zero-order chi connectivity index (χ0) is 14.0. The summed E-state index contributed by atoms with van der Waals surface area (Å²) in [7, 11) is 0. The predicted molar refractivity (Wildman–Crippen MR) is 83.7 cm³/mol. The van der Waals surface area contributed by atoms with Crippen molar-refractivity contribution in [2.75, 3.05) is 18.8 Å². The largest absolute Gasteiger partial charge is 0.355 e. The number of thioether (sulfide) groups is 1. The maximum atomic E-state index is 11.9. The van der Waals surface area contributed by atoms with E-state index in [9.17, 15) is 4.79 Å². The molecule has 1 aliphatic rings. The molecule has 0 aliphatic carbocycles. The molecule has 1 aromatic heterocycles. The van der Waals surface area contributed by atoms with Crippen molar-refractivity contribution in [1.29, 1.82) is 0 Å². The lowest BCUT2D eigenvalue weighted by atomic mass is 10.2. The topological polar surface area (TPSA) is 54.0 Å². The standard InChI is InChI=1S/C15H23N3OS/c19-15(14-6-1-2-10-20-14)18-9-4-8-17-12-13-5-3-7-16-11-13/h3,5,7,11,14,17H,1-2,4,6,8-10,12H2,(H,18,19). The minimum atomic E-state index is 0.187. The summed E-state index contributed by atoms with van der Waals surface area (Å²) in [6, 6.07) is 4.00. The third-order valence-electron chi connectivity index (χ3n) is 3.35. The molecule has 110 valence electrons. The summed E-state index contributed by atoms with van der Waals surface area (Å²) >= 11 is 1.80. The molecule has 1 amide bonds. The molecule has 2 rings (SSSR count). The monoisotopic (exact) mass is 293 g/mol. The first-order valence-corrected chi connectivity index (χ1v) is 8.40. The van der Waals surface area contributed by atoms with Crippen LogP contribution < -0.4 is 10.6 Å². The van der Waals surface area contributed by atoms with Gasteiger partial charge in [-0.3, -0.25) is 9.78 Å². The molecule has 0 radical (unpaired) electrons. The van der Waals surface area contributed by atoms with Crippen molar-refractivity contribution in [3.05, 3.63) is 30.1 Å². The van der Waals surface area contributed by atoms with Crippen molar-refractivity contribution in [1.82, 2.24) is 15.6 Å². The number of nitrogens with zero attached hydrogens (tertiary/aromatic N) is 1. The highest BCUT2D eigenvalue weighted by Gasteiger charge is 2.20. The van der Waals surface area contributed by atoms with Gasteiger partial charge in [-0.15, -0.1) is 11.8 Å². The number of amides is 1. The Morgan fingerprint density at radius 3 is 3.10 bits per heavy atom. The summed E-state index contributed by atoms with van der Waals surface area (Å²) in [5.74, 6) is 1.35. The Kier molecular flexibility index (Phi) is 6.88. The van der Waals surface area contributed by atoms with Crippen molar-refractivity contribution >= 4 is 17.7 Å². The van der Waals surface area contributed by atoms with Gasteiger partial charge in [-0.1, -0.05) is 12.5 Å². The van der Waals surface area contributed by atoms with Crippen molar-refractivity contribution in [3.63, 3.8) is 0 Å². The number of hydrogen-bond donors (Lipinski definition) is 2. The average molecular weight is 293 g/mol. The molecule has 0 aromatic carbocycles. The molecular formula is C15H23N3OS. The normalized spacial score (nSPS) is 18.7. The van der Waals surface area contributed by atoms with Crippen molar-refractivity contribution < 1.29 is 4.79 Å². The van der Waals surface area contributed by atoms with E-state index in [0.717, 1.165) is 38.2 Å². The van der Waals surface area contributed by atoms with Crippen LogP contribution in [0.3, 0.4) is 0 Å². The van der Waals surface area contributed by atoms with Gasteiger partial charge in [-0.05, 0) is 43.2 Å².